The normalized spacial score (nSPS) is 13.1. The number of hydrogen-bond donors (Lipinski definition) is 2. The van der Waals surface area contributed by atoms with Crippen molar-refractivity contribution in [2.24, 2.45) is 11.7 Å². The van der Waals surface area contributed by atoms with Crippen LogP contribution in [-0.2, 0) is 4.79 Å². The smallest absolute Gasteiger partial charge is 0.294 e. The van der Waals surface area contributed by atoms with E-state index < -0.39 is 16.9 Å². The van der Waals surface area contributed by atoms with Gasteiger partial charge < -0.3 is 11.1 Å². The number of nitrogens with two attached hydrogens (primary N) is 1. The second kappa shape index (κ2) is 6.63. The molecule has 0 aromatic heterocycles. The Morgan fingerprint density at radius 2 is 2.25 bits per heavy atom. The van der Waals surface area contributed by atoms with Crippen molar-refractivity contribution in [3.8, 4) is 6.07 Å². The number of benzene rings is 1. The molecule has 1 aromatic carbocycles. The van der Waals surface area contributed by atoms with Gasteiger partial charge in [-0.2, -0.15) is 5.26 Å². The molecule has 3 N–H and O–H groups in total. The van der Waals surface area contributed by atoms with Crippen molar-refractivity contribution in [1.29, 1.82) is 5.26 Å². The summed E-state index contributed by atoms with van der Waals surface area (Å²) < 4.78 is 0. The Labute approximate surface area is 116 Å². The maximum Gasteiger partial charge on any atom is 0.294 e. The molecule has 0 unspecified atom stereocenters. The van der Waals surface area contributed by atoms with E-state index >= 15 is 0 Å². The zero-order valence-electron chi connectivity index (χ0n) is 11.3. The molecule has 0 radical (unpaired) electrons. The van der Waals surface area contributed by atoms with Crippen LogP contribution in [0.25, 0.3) is 0 Å². The molecule has 0 bridgehead atoms. The molecule has 0 aliphatic heterocycles. The van der Waals surface area contributed by atoms with Gasteiger partial charge in [-0.3, -0.25) is 14.9 Å². The van der Waals surface area contributed by atoms with E-state index in [9.17, 15) is 14.9 Å². The van der Waals surface area contributed by atoms with Crippen molar-refractivity contribution < 1.29 is 9.72 Å². The summed E-state index contributed by atoms with van der Waals surface area (Å²) in [6.45, 7) is 3.74. The molecule has 7 heteroatoms. The van der Waals surface area contributed by atoms with E-state index in [0.29, 0.717) is 0 Å². The number of nitriles is 1. The number of nitrogens with zero attached hydrogens (tertiary/aromatic N) is 2. The molecule has 0 aliphatic rings. The SMILES string of the molecule is CC[C@H](C)[C@H](N)C(=O)Nc1ccc(C#N)cc1[N+](=O)[O-]. The molecule has 2 atom stereocenters. The minimum atomic E-state index is -0.741. The molecule has 1 amide bonds. The van der Waals surface area contributed by atoms with Crippen molar-refractivity contribution in [2.75, 3.05) is 5.32 Å². The first-order chi connectivity index (χ1) is 9.40. The topological polar surface area (TPSA) is 122 Å². The summed E-state index contributed by atoms with van der Waals surface area (Å²) in [4.78, 5) is 22.2. The second-order valence-electron chi connectivity index (χ2n) is 4.50. The zero-order valence-corrected chi connectivity index (χ0v) is 11.3. The molecule has 106 valence electrons. The van der Waals surface area contributed by atoms with Crippen LogP contribution in [0.3, 0.4) is 0 Å². The summed E-state index contributed by atoms with van der Waals surface area (Å²) in [5.74, 6) is -0.514. The summed E-state index contributed by atoms with van der Waals surface area (Å²) in [5, 5.41) is 22.1. The standard InChI is InChI=1S/C13H16N4O3/c1-3-8(2)12(15)13(18)16-10-5-4-9(7-14)6-11(10)17(19)20/h4-6,8,12H,3,15H2,1-2H3,(H,16,18)/t8-,12-/m0/s1. The summed E-state index contributed by atoms with van der Waals surface area (Å²) in [5.41, 5.74) is 5.64. The van der Waals surface area contributed by atoms with Crippen LogP contribution < -0.4 is 11.1 Å². The average Bonchev–Trinajstić information content (AvgIpc) is 2.45. The first-order valence-corrected chi connectivity index (χ1v) is 6.15. The van der Waals surface area contributed by atoms with E-state index in [4.69, 9.17) is 11.0 Å². The van der Waals surface area contributed by atoms with Gasteiger partial charge in [-0.05, 0) is 18.1 Å². The first-order valence-electron chi connectivity index (χ1n) is 6.15. The molecule has 0 spiro atoms. The van der Waals surface area contributed by atoms with Crippen LogP contribution in [0.2, 0.25) is 0 Å². The highest BCUT2D eigenvalue weighted by atomic mass is 16.6. The Bertz CT molecular complexity index is 565. The van der Waals surface area contributed by atoms with Crippen LogP contribution in [0, 0.1) is 27.4 Å². The Balaban J connectivity index is 3.01. The molecular formula is C13H16N4O3. The lowest BCUT2D eigenvalue weighted by atomic mass is 9.99. The monoisotopic (exact) mass is 276 g/mol. The third-order valence-corrected chi connectivity index (χ3v) is 3.14. The quantitative estimate of drug-likeness (QED) is 0.627. The number of carbonyl (C=O) groups excluding carboxylic acids is 1. The minimum Gasteiger partial charge on any atom is -0.320 e. The van der Waals surface area contributed by atoms with Crippen molar-refractivity contribution in [3.63, 3.8) is 0 Å². The average molecular weight is 276 g/mol. The van der Waals surface area contributed by atoms with E-state index in [1.54, 1.807) is 0 Å². The first kappa shape index (κ1) is 15.6. The predicted octanol–water partition coefficient (Wildman–Crippen LogP) is 1.78. The molecule has 0 aliphatic carbocycles. The van der Waals surface area contributed by atoms with Crippen molar-refractivity contribution in [2.45, 2.75) is 26.3 Å². The molecule has 0 fully saturated rings. The molecule has 0 heterocycles. The van der Waals surface area contributed by atoms with Gasteiger partial charge in [0.25, 0.3) is 5.69 Å². The number of anilines is 1. The predicted molar refractivity (Wildman–Crippen MR) is 73.9 cm³/mol. The highest BCUT2D eigenvalue weighted by Gasteiger charge is 2.23. The molecule has 7 nitrogen and oxygen atoms in total. The molecule has 0 saturated heterocycles. The van der Waals surface area contributed by atoms with Crippen LogP contribution >= 0.6 is 0 Å². The van der Waals surface area contributed by atoms with E-state index in [1.165, 1.54) is 12.1 Å². The third kappa shape index (κ3) is 3.52. The van der Waals surface area contributed by atoms with Gasteiger partial charge in [0, 0.05) is 6.07 Å². The lowest BCUT2D eigenvalue weighted by Crippen LogP contribution is -2.40. The second-order valence-corrected chi connectivity index (χ2v) is 4.50. The number of nitro groups is 1. The Morgan fingerprint density at radius 3 is 2.75 bits per heavy atom. The van der Waals surface area contributed by atoms with Gasteiger partial charge in [0.1, 0.15) is 5.69 Å². The Kier molecular flexibility index (Phi) is 5.17. The number of rotatable bonds is 5. The summed E-state index contributed by atoms with van der Waals surface area (Å²) >= 11 is 0. The largest absolute Gasteiger partial charge is 0.320 e. The fourth-order valence-electron chi connectivity index (χ4n) is 1.59. The number of nitrogens with one attached hydrogen (secondary N) is 1. The molecule has 1 rings (SSSR count). The van der Waals surface area contributed by atoms with Gasteiger partial charge in [0.2, 0.25) is 5.91 Å². The van der Waals surface area contributed by atoms with Gasteiger partial charge in [0.05, 0.1) is 22.6 Å². The molecular weight excluding hydrogens is 260 g/mol. The van der Waals surface area contributed by atoms with Crippen molar-refractivity contribution >= 4 is 17.3 Å². The van der Waals surface area contributed by atoms with Gasteiger partial charge in [-0.1, -0.05) is 20.3 Å². The summed E-state index contributed by atoms with van der Waals surface area (Å²) in [6, 6.07) is 4.92. The maximum atomic E-state index is 11.9. The Hall–Kier alpha value is -2.46. The minimum absolute atomic E-state index is 0.0348. The fraction of sp³-hybridized carbons (Fsp3) is 0.385. The molecule has 0 saturated carbocycles. The number of carbonyl (C=O) groups is 1. The van der Waals surface area contributed by atoms with Crippen molar-refractivity contribution in [3.05, 3.63) is 33.9 Å². The van der Waals surface area contributed by atoms with Gasteiger partial charge in [-0.15, -0.1) is 0 Å². The number of amides is 1. The van der Waals surface area contributed by atoms with Crippen LogP contribution in [-0.4, -0.2) is 16.9 Å². The zero-order chi connectivity index (χ0) is 15.3. The lowest BCUT2D eigenvalue weighted by Gasteiger charge is -2.17. The third-order valence-electron chi connectivity index (χ3n) is 3.14. The highest BCUT2D eigenvalue weighted by molar-refractivity contribution is 5.96. The van der Waals surface area contributed by atoms with Crippen molar-refractivity contribution in [1.82, 2.24) is 0 Å². The van der Waals surface area contributed by atoms with E-state index in [1.807, 2.05) is 19.9 Å². The Morgan fingerprint density at radius 1 is 1.60 bits per heavy atom. The van der Waals surface area contributed by atoms with Gasteiger partial charge in [-0.25, -0.2) is 0 Å². The summed E-state index contributed by atoms with van der Waals surface area (Å²) in [7, 11) is 0. The molecule has 20 heavy (non-hydrogen) atoms. The summed E-state index contributed by atoms with van der Waals surface area (Å²) in [6.07, 6.45) is 0.726. The lowest BCUT2D eigenvalue weighted by molar-refractivity contribution is -0.383. The highest BCUT2D eigenvalue weighted by Crippen LogP contribution is 2.25. The van der Waals surface area contributed by atoms with Gasteiger partial charge in [0.15, 0.2) is 0 Å². The van der Waals surface area contributed by atoms with E-state index in [2.05, 4.69) is 5.32 Å². The number of nitro benzene ring substituents is 1. The van der Waals surface area contributed by atoms with Crippen LogP contribution in [0.1, 0.15) is 25.8 Å². The van der Waals surface area contributed by atoms with Gasteiger partial charge >= 0.3 is 0 Å². The van der Waals surface area contributed by atoms with E-state index in [-0.39, 0.29) is 22.9 Å². The molecule has 1 aromatic rings. The fourth-order valence-corrected chi connectivity index (χ4v) is 1.59. The maximum absolute atomic E-state index is 11.9. The number of hydrogen-bond acceptors (Lipinski definition) is 5. The van der Waals surface area contributed by atoms with E-state index in [0.717, 1.165) is 12.5 Å². The van der Waals surface area contributed by atoms with Crippen LogP contribution in [0.15, 0.2) is 18.2 Å². The van der Waals surface area contributed by atoms with Crippen LogP contribution in [0.4, 0.5) is 11.4 Å². The van der Waals surface area contributed by atoms with Crippen LogP contribution in [0.5, 0.6) is 0 Å².